The fraction of sp³-hybridized carbons (Fsp3) is 0.185. The van der Waals surface area contributed by atoms with Gasteiger partial charge in [0.2, 0.25) is 0 Å². The van der Waals surface area contributed by atoms with E-state index < -0.39 is 0 Å². The first-order valence-corrected chi connectivity index (χ1v) is 11.1. The summed E-state index contributed by atoms with van der Waals surface area (Å²) in [7, 11) is 1.63. The van der Waals surface area contributed by atoms with Crippen molar-refractivity contribution in [2.24, 2.45) is 0 Å². The maximum atomic E-state index is 13.2. The Balaban J connectivity index is 1.54. The molecule has 0 aliphatic rings. The topological polar surface area (TPSA) is 66.5 Å². The Kier molecular flexibility index (Phi) is 7.05. The number of fused-ring (bicyclic) bond motifs is 1. The van der Waals surface area contributed by atoms with Gasteiger partial charge in [-0.3, -0.25) is 4.79 Å². The molecule has 0 radical (unpaired) electrons. The van der Waals surface area contributed by atoms with Crippen molar-refractivity contribution in [2.45, 2.75) is 6.92 Å². The number of benzene rings is 3. The molecule has 4 rings (SSSR count). The van der Waals surface area contributed by atoms with Crippen LogP contribution in [0.5, 0.6) is 5.75 Å². The second-order valence-corrected chi connectivity index (χ2v) is 7.57. The molecule has 168 valence electrons. The predicted octanol–water partition coefficient (Wildman–Crippen LogP) is 5.24. The number of para-hydroxylation sites is 4. The number of carbonyl (C=O) groups is 1. The fourth-order valence-corrected chi connectivity index (χ4v) is 3.82. The summed E-state index contributed by atoms with van der Waals surface area (Å²) in [5.74, 6) is 1.17. The van der Waals surface area contributed by atoms with Crippen molar-refractivity contribution in [3.05, 3.63) is 90.5 Å². The normalized spacial score (nSPS) is 10.6. The van der Waals surface area contributed by atoms with Gasteiger partial charge < -0.3 is 20.3 Å². The van der Waals surface area contributed by atoms with Gasteiger partial charge >= 0.3 is 0 Å². The molecular weight excluding hydrogens is 412 g/mol. The van der Waals surface area contributed by atoms with Gasteiger partial charge in [-0.2, -0.15) is 0 Å². The summed E-state index contributed by atoms with van der Waals surface area (Å²) in [6, 6.07) is 27.3. The number of amides is 1. The first-order valence-electron chi connectivity index (χ1n) is 11.1. The first-order chi connectivity index (χ1) is 16.2. The highest BCUT2D eigenvalue weighted by Gasteiger charge is 2.14. The number of carbonyl (C=O) groups excluding carboxylic acids is 1. The van der Waals surface area contributed by atoms with Crippen molar-refractivity contribution in [1.82, 2.24) is 10.3 Å². The van der Waals surface area contributed by atoms with Crippen LogP contribution in [0.4, 0.5) is 17.2 Å². The first kappa shape index (κ1) is 22.1. The monoisotopic (exact) mass is 440 g/mol. The molecule has 0 unspecified atom stereocenters. The number of hydrogen-bond acceptors (Lipinski definition) is 5. The van der Waals surface area contributed by atoms with Gasteiger partial charge in [0.05, 0.1) is 23.9 Å². The van der Waals surface area contributed by atoms with Gasteiger partial charge in [-0.15, -0.1) is 0 Å². The molecule has 0 atom stereocenters. The summed E-state index contributed by atoms with van der Waals surface area (Å²) >= 11 is 0. The third-order valence-electron chi connectivity index (χ3n) is 5.50. The zero-order chi connectivity index (χ0) is 23.0. The van der Waals surface area contributed by atoms with Crippen molar-refractivity contribution in [2.75, 3.05) is 37.0 Å². The predicted molar refractivity (Wildman–Crippen MR) is 135 cm³/mol. The van der Waals surface area contributed by atoms with E-state index in [2.05, 4.69) is 34.6 Å². The lowest BCUT2D eigenvalue weighted by Gasteiger charge is -2.23. The summed E-state index contributed by atoms with van der Waals surface area (Å²) in [4.78, 5) is 20.1. The third kappa shape index (κ3) is 5.23. The van der Waals surface area contributed by atoms with E-state index in [0.29, 0.717) is 23.7 Å². The Morgan fingerprint density at radius 1 is 0.970 bits per heavy atom. The van der Waals surface area contributed by atoms with Crippen LogP contribution in [0.15, 0.2) is 84.9 Å². The molecule has 0 saturated heterocycles. The molecule has 0 spiro atoms. The lowest BCUT2D eigenvalue weighted by Crippen LogP contribution is -2.35. The summed E-state index contributed by atoms with van der Waals surface area (Å²) in [5, 5.41) is 7.19. The Labute approximate surface area is 194 Å². The van der Waals surface area contributed by atoms with Gasteiger partial charge in [0.1, 0.15) is 11.6 Å². The Hall–Kier alpha value is -4.06. The van der Waals surface area contributed by atoms with E-state index in [1.807, 2.05) is 66.7 Å². The molecule has 0 saturated carbocycles. The van der Waals surface area contributed by atoms with Crippen LogP contribution in [-0.4, -0.2) is 37.6 Å². The average Bonchev–Trinajstić information content (AvgIpc) is 2.87. The molecular formula is C27H28N4O2. The molecule has 6 heteroatoms. The minimum Gasteiger partial charge on any atom is -0.495 e. The number of nitrogens with one attached hydrogen (secondary N) is 2. The molecule has 0 aliphatic carbocycles. The van der Waals surface area contributed by atoms with E-state index >= 15 is 0 Å². The highest BCUT2D eigenvalue weighted by molar-refractivity contribution is 6.07. The van der Waals surface area contributed by atoms with Gasteiger partial charge in [0.25, 0.3) is 5.91 Å². The zero-order valence-electron chi connectivity index (χ0n) is 18.9. The quantitative estimate of drug-likeness (QED) is 0.372. The molecule has 0 fully saturated rings. The van der Waals surface area contributed by atoms with Gasteiger partial charge in [0.15, 0.2) is 0 Å². The number of aromatic nitrogens is 1. The molecule has 1 aromatic heterocycles. The Morgan fingerprint density at radius 3 is 2.48 bits per heavy atom. The number of nitrogens with zero attached hydrogens (tertiary/aromatic N) is 2. The van der Waals surface area contributed by atoms with E-state index in [1.165, 1.54) is 0 Å². The van der Waals surface area contributed by atoms with Crippen LogP contribution in [0.25, 0.3) is 10.9 Å². The SMILES string of the molecule is CCN(CCNC(=O)c1cc(Nc2ccccc2OC)nc2ccccc12)c1ccccc1. The number of ether oxygens (including phenoxy) is 1. The minimum atomic E-state index is -0.124. The van der Waals surface area contributed by atoms with Crippen molar-refractivity contribution < 1.29 is 9.53 Å². The van der Waals surface area contributed by atoms with Crippen LogP contribution >= 0.6 is 0 Å². The van der Waals surface area contributed by atoms with Crippen LogP contribution < -0.4 is 20.3 Å². The van der Waals surface area contributed by atoms with E-state index in [-0.39, 0.29) is 5.91 Å². The van der Waals surface area contributed by atoms with Crippen molar-refractivity contribution in [1.29, 1.82) is 0 Å². The number of anilines is 3. The third-order valence-corrected chi connectivity index (χ3v) is 5.50. The molecule has 1 amide bonds. The number of pyridine rings is 1. The Morgan fingerprint density at radius 2 is 1.70 bits per heavy atom. The van der Waals surface area contributed by atoms with Crippen LogP contribution in [0.1, 0.15) is 17.3 Å². The minimum absolute atomic E-state index is 0.124. The second-order valence-electron chi connectivity index (χ2n) is 7.57. The maximum Gasteiger partial charge on any atom is 0.252 e. The Bertz CT molecular complexity index is 1230. The zero-order valence-corrected chi connectivity index (χ0v) is 18.9. The fourth-order valence-electron chi connectivity index (χ4n) is 3.82. The standard InChI is InChI=1S/C27H28N4O2/c1-3-31(20-11-5-4-6-12-20)18-17-28-27(32)22-19-26(29-23-14-8-7-13-21(22)23)30-24-15-9-10-16-25(24)33-2/h4-16,19H,3,17-18H2,1-2H3,(H,28,32)(H,29,30). The molecule has 0 aliphatic heterocycles. The largest absolute Gasteiger partial charge is 0.495 e. The number of rotatable bonds is 9. The summed E-state index contributed by atoms with van der Waals surface area (Å²) < 4.78 is 5.43. The highest BCUT2D eigenvalue weighted by Crippen LogP contribution is 2.28. The van der Waals surface area contributed by atoms with Crippen LogP contribution in [-0.2, 0) is 0 Å². The second kappa shape index (κ2) is 10.5. The van der Waals surface area contributed by atoms with Gasteiger partial charge in [0, 0.05) is 30.7 Å². The smallest absolute Gasteiger partial charge is 0.252 e. The molecule has 0 bridgehead atoms. The van der Waals surface area contributed by atoms with Crippen molar-refractivity contribution in [3.63, 3.8) is 0 Å². The summed E-state index contributed by atoms with van der Waals surface area (Å²) in [6.45, 7) is 4.24. The molecule has 3 aromatic carbocycles. The van der Waals surface area contributed by atoms with Gasteiger partial charge in [-0.1, -0.05) is 48.5 Å². The van der Waals surface area contributed by atoms with Crippen LogP contribution in [0, 0.1) is 0 Å². The van der Waals surface area contributed by atoms with E-state index in [9.17, 15) is 4.79 Å². The number of methoxy groups -OCH3 is 1. The maximum absolute atomic E-state index is 13.2. The molecule has 2 N–H and O–H groups in total. The van der Waals surface area contributed by atoms with Crippen LogP contribution in [0.3, 0.4) is 0 Å². The molecule has 33 heavy (non-hydrogen) atoms. The molecule has 4 aromatic rings. The number of hydrogen-bond donors (Lipinski definition) is 2. The van der Waals surface area contributed by atoms with E-state index in [0.717, 1.165) is 35.4 Å². The molecule has 6 nitrogen and oxygen atoms in total. The van der Waals surface area contributed by atoms with E-state index in [1.54, 1.807) is 13.2 Å². The molecule has 1 heterocycles. The van der Waals surface area contributed by atoms with Crippen molar-refractivity contribution in [3.8, 4) is 5.75 Å². The lowest BCUT2D eigenvalue weighted by atomic mass is 10.1. The summed E-state index contributed by atoms with van der Waals surface area (Å²) in [5.41, 5.74) is 3.27. The van der Waals surface area contributed by atoms with Crippen molar-refractivity contribution >= 4 is 34.0 Å². The van der Waals surface area contributed by atoms with E-state index in [4.69, 9.17) is 9.72 Å². The summed E-state index contributed by atoms with van der Waals surface area (Å²) in [6.07, 6.45) is 0. The van der Waals surface area contributed by atoms with Gasteiger partial charge in [-0.25, -0.2) is 4.98 Å². The van der Waals surface area contributed by atoms with Crippen LogP contribution in [0.2, 0.25) is 0 Å². The number of likely N-dealkylation sites (N-methyl/N-ethyl adjacent to an activating group) is 1. The average molecular weight is 441 g/mol. The highest BCUT2D eigenvalue weighted by atomic mass is 16.5. The lowest BCUT2D eigenvalue weighted by molar-refractivity contribution is 0.0956. The van der Waals surface area contributed by atoms with Gasteiger partial charge in [-0.05, 0) is 43.3 Å².